The van der Waals surface area contributed by atoms with Crippen LogP contribution in [-0.4, -0.2) is 24.7 Å². The van der Waals surface area contributed by atoms with Gasteiger partial charge in [-0.1, -0.05) is 74.0 Å². The molecule has 2 aromatic carbocycles. The molecule has 1 heterocycles. The zero-order valence-corrected chi connectivity index (χ0v) is 15.6. The molecule has 0 radical (unpaired) electrons. The fourth-order valence-electron chi connectivity index (χ4n) is 2.71. The first-order valence-electron chi connectivity index (χ1n) is 8.76. The predicted octanol–water partition coefficient (Wildman–Crippen LogP) is 3.68. The summed E-state index contributed by atoms with van der Waals surface area (Å²) >= 11 is 0. The van der Waals surface area contributed by atoms with Crippen LogP contribution in [0.2, 0.25) is 0 Å². The number of nitrogens with zero attached hydrogens (tertiary/aromatic N) is 2. The summed E-state index contributed by atoms with van der Waals surface area (Å²) in [6, 6.07) is 19.3. The largest absolute Gasteiger partial charge is 0.266 e. The molecule has 1 aromatic heterocycles. The maximum Gasteiger partial charge on any atom is 0.244 e. The number of rotatable bonds is 8. The molecule has 3 aromatic rings. The van der Waals surface area contributed by atoms with Crippen LogP contribution in [-0.2, 0) is 16.6 Å². The molecule has 0 saturated heterocycles. The SMILES string of the molecule is CCCCNS(=O)(=O)c1cn(Cc2ccccc2)nc1-c1ccccc1. The molecule has 0 aliphatic carbocycles. The zero-order chi connectivity index (χ0) is 18.4. The van der Waals surface area contributed by atoms with Gasteiger partial charge in [0.1, 0.15) is 10.6 Å². The highest BCUT2D eigenvalue weighted by molar-refractivity contribution is 7.89. The van der Waals surface area contributed by atoms with Gasteiger partial charge in [0.15, 0.2) is 0 Å². The summed E-state index contributed by atoms with van der Waals surface area (Å²) in [4.78, 5) is 0.218. The predicted molar refractivity (Wildman–Crippen MR) is 103 cm³/mol. The lowest BCUT2D eigenvalue weighted by atomic mass is 10.2. The van der Waals surface area contributed by atoms with Gasteiger partial charge in [-0.2, -0.15) is 5.10 Å². The average Bonchev–Trinajstić information content (AvgIpc) is 3.08. The van der Waals surface area contributed by atoms with Gasteiger partial charge in [0.05, 0.1) is 6.54 Å². The Kier molecular flexibility index (Phi) is 5.85. The van der Waals surface area contributed by atoms with Crippen LogP contribution >= 0.6 is 0 Å². The van der Waals surface area contributed by atoms with Crippen LogP contribution in [0.15, 0.2) is 71.8 Å². The minimum Gasteiger partial charge on any atom is -0.266 e. The van der Waals surface area contributed by atoms with Crippen LogP contribution in [0.3, 0.4) is 0 Å². The van der Waals surface area contributed by atoms with Gasteiger partial charge in [-0.15, -0.1) is 0 Å². The maximum absolute atomic E-state index is 12.8. The van der Waals surface area contributed by atoms with E-state index in [9.17, 15) is 8.42 Å². The van der Waals surface area contributed by atoms with Crippen LogP contribution in [0.25, 0.3) is 11.3 Å². The smallest absolute Gasteiger partial charge is 0.244 e. The van der Waals surface area contributed by atoms with Crippen LogP contribution in [0, 0.1) is 0 Å². The Morgan fingerprint density at radius 2 is 1.65 bits per heavy atom. The van der Waals surface area contributed by atoms with E-state index in [1.54, 1.807) is 10.9 Å². The average molecular weight is 369 g/mol. The lowest BCUT2D eigenvalue weighted by Gasteiger charge is -2.06. The molecule has 26 heavy (non-hydrogen) atoms. The second kappa shape index (κ2) is 8.29. The second-order valence-electron chi connectivity index (χ2n) is 6.14. The van der Waals surface area contributed by atoms with Crippen LogP contribution in [0.4, 0.5) is 0 Å². The van der Waals surface area contributed by atoms with Crippen LogP contribution in [0.5, 0.6) is 0 Å². The van der Waals surface area contributed by atoms with Crippen molar-refractivity contribution in [1.82, 2.24) is 14.5 Å². The lowest BCUT2D eigenvalue weighted by Crippen LogP contribution is -2.24. The van der Waals surface area contributed by atoms with Crippen molar-refractivity contribution in [1.29, 1.82) is 0 Å². The summed E-state index contributed by atoms with van der Waals surface area (Å²) in [7, 11) is -3.62. The Bertz CT molecular complexity index is 936. The number of unbranched alkanes of at least 4 members (excludes halogenated alkanes) is 1. The van der Waals surface area contributed by atoms with Crippen LogP contribution < -0.4 is 4.72 Å². The standard InChI is InChI=1S/C20H23N3O2S/c1-2-3-14-21-26(24,25)19-16-23(15-17-10-6-4-7-11-17)22-20(19)18-12-8-5-9-13-18/h4-13,16,21H,2-3,14-15H2,1H3. The number of hydrogen-bond donors (Lipinski definition) is 1. The van der Waals surface area contributed by atoms with Gasteiger partial charge < -0.3 is 0 Å². The van der Waals surface area contributed by atoms with Gasteiger partial charge in [-0.05, 0) is 12.0 Å². The summed E-state index contributed by atoms with van der Waals surface area (Å²) in [5.74, 6) is 0. The molecule has 0 unspecified atom stereocenters. The molecule has 0 amide bonds. The van der Waals surface area contributed by atoms with Gasteiger partial charge in [0.2, 0.25) is 10.0 Å². The minimum absolute atomic E-state index is 0.218. The van der Waals surface area contributed by atoms with Crippen molar-refractivity contribution >= 4 is 10.0 Å². The molecule has 1 N–H and O–H groups in total. The fourth-order valence-corrected chi connectivity index (χ4v) is 3.95. The van der Waals surface area contributed by atoms with E-state index in [0.29, 0.717) is 18.8 Å². The number of benzene rings is 2. The van der Waals surface area contributed by atoms with E-state index in [1.165, 1.54) is 0 Å². The molecule has 0 fully saturated rings. The monoisotopic (exact) mass is 369 g/mol. The van der Waals surface area contributed by atoms with Crippen LogP contribution in [0.1, 0.15) is 25.3 Å². The molecule has 3 rings (SSSR count). The molecule has 0 aliphatic rings. The molecular weight excluding hydrogens is 346 g/mol. The molecule has 0 aliphatic heterocycles. The summed E-state index contributed by atoms with van der Waals surface area (Å²) < 4.78 is 30.0. The molecule has 0 saturated carbocycles. The Hall–Kier alpha value is -2.44. The number of nitrogens with one attached hydrogen (secondary N) is 1. The number of hydrogen-bond acceptors (Lipinski definition) is 3. The van der Waals surface area contributed by atoms with Crippen molar-refractivity contribution < 1.29 is 8.42 Å². The van der Waals surface area contributed by atoms with Crippen molar-refractivity contribution in [2.24, 2.45) is 0 Å². The van der Waals surface area contributed by atoms with Crippen molar-refractivity contribution in [3.8, 4) is 11.3 Å². The highest BCUT2D eigenvalue weighted by Crippen LogP contribution is 2.26. The number of sulfonamides is 1. The van der Waals surface area contributed by atoms with E-state index in [1.807, 2.05) is 67.6 Å². The van der Waals surface area contributed by atoms with Gasteiger partial charge in [0.25, 0.3) is 0 Å². The molecule has 5 nitrogen and oxygen atoms in total. The Morgan fingerprint density at radius 1 is 1.00 bits per heavy atom. The topological polar surface area (TPSA) is 64.0 Å². The third-order valence-corrected chi connectivity index (χ3v) is 5.54. The quantitative estimate of drug-likeness (QED) is 0.616. The molecule has 0 bridgehead atoms. The van der Waals surface area contributed by atoms with Gasteiger partial charge >= 0.3 is 0 Å². The van der Waals surface area contributed by atoms with Gasteiger partial charge in [-0.3, -0.25) is 4.68 Å². The Labute approximate surface area is 154 Å². The van der Waals surface area contributed by atoms with E-state index in [-0.39, 0.29) is 4.90 Å². The lowest BCUT2D eigenvalue weighted by molar-refractivity contribution is 0.578. The van der Waals surface area contributed by atoms with E-state index in [4.69, 9.17) is 0 Å². The van der Waals surface area contributed by atoms with Crippen molar-refractivity contribution in [3.63, 3.8) is 0 Å². The summed E-state index contributed by atoms with van der Waals surface area (Å²) in [6.45, 7) is 2.98. The van der Waals surface area contributed by atoms with E-state index >= 15 is 0 Å². The van der Waals surface area contributed by atoms with Gasteiger partial charge in [-0.25, -0.2) is 13.1 Å². The van der Waals surface area contributed by atoms with Crippen molar-refractivity contribution in [3.05, 3.63) is 72.4 Å². The summed E-state index contributed by atoms with van der Waals surface area (Å²) in [5, 5.41) is 4.57. The number of aromatic nitrogens is 2. The maximum atomic E-state index is 12.8. The highest BCUT2D eigenvalue weighted by Gasteiger charge is 2.23. The normalized spacial score (nSPS) is 11.6. The highest BCUT2D eigenvalue weighted by atomic mass is 32.2. The molecule has 0 spiro atoms. The fraction of sp³-hybridized carbons (Fsp3) is 0.250. The summed E-state index contributed by atoms with van der Waals surface area (Å²) in [6.07, 6.45) is 3.35. The third kappa shape index (κ3) is 4.39. The van der Waals surface area contributed by atoms with Crippen molar-refractivity contribution in [2.75, 3.05) is 6.54 Å². The molecular formula is C20H23N3O2S. The molecule has 0 atom stereocenters. The first-order valence-corrected chi connectivity index (χ1v) is 10.2. The Balaban J connectivity index is 1.98. The molecule has 6 heteroatoms. The Morgan fingerprint density at radius 3 is 2.31 bits per heavy atom. The summed E-state index contributed by atoms with van der Waals surface area (Å²) in [5.41, 5.74) is 2.33. The third-order valence-electron chi connectivity index (χ3n) is 4.07. The van der Waals surface area contributed by atoms with E-state index in [2.05, 4.69) is 9.82 Å². The van der Waals surface area contributed by atoms with Gasteiger partial charge in [0, 0.05) is 18.3 Å². The second-order valence-corrected chi connectivity index (χ2v) is 7.88. The van der Waals surface area contributed by atoms with Crippen molar-refractivity contribution in [2.45, 2.75) is 31.2 Å². The first kappa shape index (κ1) is 18.4. The zero-order valence-electron chi connectivity index (χ0n) is 14.8. The van der Waals surface area contributed by atoms with E-state index < -0.39 is 10.0 Å². The minimum atomic E-state index is -3.62. The first-order chi connectivity index (χ1) is 12.6. The van der Waals surface area contributed by atoms with E-state index in [0.717, 1.165) is 24.0 Å². The molecule has 136 valence electrons.